The van der Waals surface area contributed by atoms with Crippen LogP contribution in [-0.4, -0.2) is 34.6 Å². The minimum absolute atomic E-state index is 0.0866. The van der Waals surface area contributed by atoms with Crippen LogP contribution in [0.4, 0.5) is 5.69 Å². The van der Waals surface area contributed by atoms with Crippen molar-refractivity contribution in [3.8, 4) is 0 Å². The van der Waals surface area contributed by atoms with Crippen molar-refractivity contribution in [3.63, 3.8) is 0 Å². The zero-order valence-corrected chi connectivity index (χ0v) is 14.3. The van der Waals surface area contributed by atoms with Crippen LogP contribution in [0.1, 0.15) is 15.9 Å². The Morgan fingerprint density at radius 2 is 1.72 bits per heavy atom. The van der Waals surface area contributed by atoms with E-state index < -0.39 is 25.6 Å². The summed E-state index contributed by atoms with van der Waals surface area (Å²) in [5, 5.41) is 11.4. The fourth-order valence-electron chi connectivity index (χ4n) is 2.16. The number of hydrogen-bond donors (Lipinski definition) is 3. The van der Waals surface area contributed by atoms with Crippen LogP contribution in [0.25, 0.3) is 0 Å². The highest BCUT2D eigenvalue weighted by atomic mass is 31.2. The lowest BCUT2D eigenvalue weighted by atomic mass is 10.1. The minimum Gasteiger partial charge on any atom is -0.478 e. The summed E-state index contributed by atoms with van der Waals surface area (Å²) < 4.78 is 16.6. The molecule has 0 heterocycles. The van der Waals surface area contributed by atoms with E-state index >= 15 is 0 Å². The molecule has 8 heteroatoms. The van der Waals surface area contributed by atoms with Gasteiger partial charge >= 0.3 is 13.6 Å². The maximum absolute atomic E-state index is 12.4. The zero-order chi connectivity index (χ0) is 18.4. The SMILES string of the molecule is CP(=O)(O)OC(Cc1ccccc1)C(=O)Nc1ccc(C(=O)O)cc1. The molecule has 0 saturated heterocycles. The van der Waals surface area contributed by atoms with E-state index in [0.29, 0.717) is 5.69 Å². The molecule has 0 aliphatic rings. The van der Waals surface area contributed by atoms with Crippen molar-refractivity contribution in [2.45, 2.75) is 12.5 Å². The molecule has 7 nitrogen and oxygen atoms in total. The average Bonchev–Trinajstić information content (AvgIpc) is 2.54. The van der Waals surface area contributed by atoms with Gasteiger partial charge in [0.1, 0.15) is 6.10 Å². The molecule has 2 atom stereocenters. The van der Waals surface area contributed by atoms with Gasteiger partial charge < -0.3 is 15.3 Å². The first-order valence-corrected chi connectivity index (χ1v) is 9.44. The van der Waals surface area contributed by atoms with Gasteiger partial charge in [0.2, 0.25) is 0 Å². The topological polar surface area (TPSA) is 113 Å². The number of anilines is 1. The largest absolute Gasteiger partial charge is 0.478 e. The third-order valence-electron chi connectivity index (χ3n) is 3.28. The molecular weight excluding hydrogens is 345 g/mol. The Morgan fingerprint density at radius 3 is 2.24 bits per heavy atom. The van der Waals surface area contributed by atoms with Gasteiger partial charge in [0.25, 0.3) is 5.91 Å². The Hall–Kier alpha value is -2.47. The highest BCUT2D eigenvalue weighted by molar-refractivity contribution is 7.51. The first-order valence-electron chi connectivity index (χ1n) is 7.41. The summed E-state index contributed by atoms with van der Waals surface area (Å²) in [6.07, 6.45) is -1.04. The Kier molecular flexibility index (Phi) is 6.09. The second-order valence-electron chi connectivity index (χ2n) is 5.46. The van der Waals surface area contributed by atoms with Crippen molar-refractivity contribution in [2.24, 2.45) is 0 Å². The van der Waals surface area contributed by atoms with Crippen LogP contribution < -0.4 is 5.32 Å². The molecule has 2 rings (SSSR count). The van der Waals surface area contributed by atoms with Gasteiger partial charge in [0.05, 0.1) is 5.56 Å². The molecule has 0 spiro atoms. The molecule has 0 radical (unpaired) electrons. The van der Waals surface area contributed by atoms with Gasteiger partial charge in [0, 0.05) is 18.8 Å². The molecule has 2 aromatic carbocycles. The van der Waals surface area contributed by atoms with Crippen LogP contribution in [0.3, 0.4) is 0 Å². The molecule has 3 N–H and O–H groups in total. The van der Waals surface area contributed by atoms with E-state index in [1.165, 1.54) is 24.3 Å². The van der Waals surface area contributed by atoms with Crippen LogP contribution in [0.2, 0.25) is 0 Å². The zero-order valence-electron chi connectivity index (χ0n) is 13.5. The molecule has 0 bridgehead atoms. The quantitative estimate of drug-likeness (QED) is 0.652. The molecular formula is C17H18NO6P. The smallest absolute Gasteiger partial charge is 0.335 e. The monoisotopic (exact) mass is 363 g/mol. The number of carbonyl (C=O) groups excluding carboxylic acids is 1. The number of carboxylic acid groups (broad SMARTS) is 1. The van der Waals surface area contributed by atoms with Gasteiger partial charge in [-0.2, -0.15) is 0 Å². The summed E-state index contributed by atoms with van der Waals surface area (Å²) in [4.78, 5) is 32.7. The van der Waals surface area contributed by atoms with Crippen LogP contribution in [0.5, 0.6) is 0 Å². The van der Waals surface area contributed by atoms with E-state index in [1.54, 1.807) is 24.3 Å². The van der Waals surface area contributed by atoms with Crippen LogP contribution in [-0.2, 0) is 20.3 Å². The Labute approximate surface area is 144 Å². The molecule has 0 saturated carbocycles. The third kappa shape index (κ3) is 6.15. The first-order chi connectivity index (χ1) is 11.7. The molecule has 2 unspecified atom stereocenters. The molecule has 1 amide bonds. The number of rotatable bonds is 7. The molecule has 0 fully saturated rings. The van der Waals surface area contributed by atoms with Gasteiger partial charge in [-0.05, 0) is 29.8 Å². The normalized spacial score (nSPS) is 14.3. The minimum atomic E-state index is -3.88. The van der Waals surface area contributed by atoms with Crippen molar-refractivity contribution in [1.29, 1.82) is 0 Å². The number of benzene rings is 2. The second kappa shape index (κ2) is 8.07. The van der Waals surface area contributed by atoms with Crippen molar-refractivity contribution in [2.75, 3.05) is 12.0 Å². The Balaban J connectivity index is 2.13. The fourth-order valence-corrected chi connectivity index (χ4v) is 2.80. The maximum Gasteiger partial charge on any atom is 0.335 e. The van der Waals surface area contributed by atoms with E-state index in [9.17, 15) is 19.0 Å². The third-order valence-corrected chi connectivity index (χ3v) is 3.92. The highest BCUT2D eigenvalue weighted by Crippen LogP contribution is 2.39. The first kappa shape index (κ1) is 18.9. The lowest BCUT2D eigenvalue weighted by Crippen LogP contribution is -2.31. The maximum atomic E-state index is 12.4. The predicted octanol–water partition coefficient (Wildman–Crippen LogP) is 2.77. The molecule has 2 aromatic rings. The highest BCUT2D eigenvalue weighted by Gasteiger charge is 2.26. The van der Waals surface area contributed by atoms with Crippen LogP contribution >= 0.6 is 7.60 Å². The van der Waals surface area contributed by atoms with Crippen molar-refractivity contribution < 1.29 is 28.7 Å². The number of carbonyl (C=O) groups is 2. The molecule has 0 aliphatic carbocycles. The van der Waals surface area contributed by atoms with Crippen molar-refractivity contribution in [3.05, 3.63) is 65.7 Å². The number of aromatic carboxylic acids is 1. The standard InChI is InChI=1S/C17H18NO6P/c1-25(22,23)24-15(11-12-5-3-2-4-6-12)16(19)18-14-9-7-13(8-10-14)17(20)21/h2-10,15H,11H2,1H3,(H,18,19)(H,20,21)(H,22,23). The number of nitrogens with one attached hydrogen (secondary N) is 1. The number of amides is 1. The lowest BCUT2D eigenvalue weighted by Gasteiger charge is -2.19. The molecule has 132 valence electrons. The Morgan fingerprint density at radius 1 is 1.12 bits per heavy atom. The van der Waals surface area contributed by atoms with Gasteiger partial charge in [-0.15, -0.1) is 0 Å². The van der Waals surface area contributed by atoms with Crippen molar-refractivity contribution >= 4 is 25.2 Å². The van der Waals surface area contributed by atoms with E-state index in [2.05, 4.69) is 5.32 Å². The summed E-state index contributed by atoms with van der Waals surface area (Å²) in [6, 6.07) is 14.5. The summed E-state index contributed by atoms with van der Waals surface area (Å²) in [6.45, 7) is 1.01. The van der Waals surface area contributed by atoms with E-state index in [0.717, 1.165) is 12.2 Å². The molecule has 0 aliphatic heterocycles. The van der Waals surface area contributed by atoms with Gasteiger partial charge in [0.15, 0.2) is 0 Å². The summed E-state index contributed by atoms with van der Waals surface area (Å²) >= 11 is 0. The number of carboxylic acids is 1. The summed E-state index contributed by atoms with van der Waals surface area (Å²) in [5.74, 6) is -1.67. The van der Waals surface area contributed by atoms with Gasteiger partial charge in [-0.3, -0.25) is 13.9 Å². The Bertz CT molecular complexity index is 785. The fraction of sp³-hybridized carbons (Fsp3) is 0.176. The average molecular weight is 363 g/mol. The summed E-state index contributed by atoms with van der Waals surface area (Å²) in [7, 11) is -3.88. The van der Waals surface area contributed by atoms with E-state index in [4.69, 9.17) is 9.63 Å². The second-order valence-corrected chi connectivity index (χ2v) is 7.28. The number of hydrogen-bond acceptors (Lipinski definition) is 4. The lowest BCUT2D eigenvalue weighted by molar-refractivity contribution is -0.123. The molecule has 0 aromatic heterocycles. The molecule has 25 heavy (non-hydrogen) atoms. The van der Waals surface area contributed by atoms with E-state index in [-0.39, 0.29) is 12.0 Å². The van der Waals surface area contributed by atoms with Crippen LogP contribution in [0, 0.1) is 0 Å². The van der Waals surface area contributed by atoms with E-state index in [1.807, 2.05) is 6.07 Å². The predicted molar refractivity (Wildman–Crippen MR) is 92.8 cm³/mol. The summed E-state index contributed by atoms with van der Waals surface area (Å²) in [5.41, 5.74) is 1.22. The van der Waals surface area contributed by atoms with Gasteiger partial charge in [-0.1, -0.05) is 30.3 Å². The van der Waals surface area contributed by atoms with Gasteiger partial charge in [-0.25, -0.2) is 4.79 Å². The van der Waals surface area contributed by atoms with Crippen LogP contribution in [0.15, 0.2) is 54.6 Å². The van der Waals surface area contributed by atoms with Crippen molar-refractivity contribution in [1.82, 2.24) is 0 Å².